The molecular formula is C11H13N3O3S2. The molecule has 0 radical (unpaired) electrons. The maximum atomic E-state index is 10.7. The Balaban J connectivity index is 2.11. The first-order chi connectivity index (χ1) is 9.13. The van der Waals surface area contributed by atoms with Crippen LogP contribution in [0.5, 0.6) is 0 Å². The van der Waals surface area contributed by atoms with Crippen LogP contribution in [0.1, 0.15) is 11.1 Å². The molecule has 1 aliphatic rings. The lowest BCUT2D eigenvalue weighted by atomic mass is 10.4. The molecule has 6 nitrogen and oxygen atoms in total. The van der Waals surface area contributed by atoms with Gasteiger partial charge in [0.1, 0.15) is 0 Å². The second-order valence-electron chi connectivity index (χ2n) is 3.82. The van der Waals surface area contributed by atoms with Gasteiger partial charge < -0.3 is 15.0 Å². The normalized spacial score (nSPS) is 18.3. The van der Waals surface area contributed by atoms with E-state index in [0.717, 1.165) is 16.2 Å². The van der Waals surface area contributed by atoms with Crippen molar-refractivity contribution in [3.63, 3.8) is 0 Å². The maximum absolute atomic E-state index is 10.7. The van der Waals surface area contributed by atoms with E-state index in [9.17, 15) is 10.1 Å². The molecule has 0 spiro atoms. The lowest BCUT2D eigenvalue weighted by molar-refractivity contribution is -0.380. The molecule has 0 aliphatic carbocycles. The quantitative estimate of drug-likeness (QED) is 0.397. The van der Waals surface area contributed by atoms with Gasteiger partial charge in [0, 0.05) is 19.2 Å². The fraction of sp³-hybridized carbons (Fsp3) is 0.364. The molecule has 1 aliphatic heterocycles. The number of ether oxygens (including phenoxy) is 1. The highest BCUT2D eigenvalue weighted by atomic mass is 32.1. The largest absolute Gasteiger partial charge is 0.359 e. The minimum Gasteiger partial charge on any atom is -0.359 e. The summed E-state index contributed by atoms with van der Waals surface area (Å²) in [6.07, 6.45) is 1.37. The van der Waals surface area contributed by atoms with Crippen molar-refractivity contribution in [2.45, 2.75) is 6.23 Å². The molecule has 0 bridgehead atoms. The van der Waals surface area contributed by atoms with Gasteiger partial charge in [-0.15, -0.1) is 6.58 Å². The Bertz CT molecular complexity index is 503. The lowest BCUT2D eigenvalue weighted by Crippen LogP contribution is -2.39. The lowest BCUT2D eigenvalue weighted by Gasteiger charge is -2.24. The van der Waals surface area contributed by atoms with Gasteiger partial charge in [-0.3, -0.25) is 10.1 Å². The molecule has 0 aromatic carbocycles. The zero-order valence-corrected chi connectivity index (χ0v) is 11.7. The van der Waals surface area contributed by atoms with Crippen LogP contribution in [-0.4, -0.2) is 34.6 Å². The second-order valence-corrected chi connectivity index (χ2v) is 5.30. The van der Waals surface area contributed by atoms with Crippen molar-refractivity contribution >= 4 is 33.7 Å². The minimum atomic E-state index is -0.401. The number of hydrogen-bond acceptors (Lipinski definition) is 5. The fourth-order valence-corrected chi connectivity index (χ4v) is 2.90. The molecule has 0 saturated carbocycles. The Morgan fingerprint density at radius 1 is 1.79 bits per heavy atom. The number of nitrogens with one attached hydrogen (secondary N) is 1. The van der Waals surface area contributed by atoms with Gasteiger partial charge in [-0.05, 0) is 18.3 Å². The van der Waals surface area contributed by atoms with Gasteiger partial charge in [0.25, 0.3) is 0 Å². The minimum absolute atomic E-state index is 0.107. The van der Waals surface area contributed by atoms with Crippen LogP contribution in [0.3, 0.4) is 0 Å². The van der Waals surface area contributed by atoms with E-state index >= 15 is 0 Å². The Hall–Kier alpha value is -1.51. The number of thiocarbonyl (C=S) groups is 1. The van der Waals surface area contributed by atoms with Gasteiger partial charge in [0.05, 0.1) is 16.4 Å². The van der Waals surface area contributed by atoms with Gasteiger partial charge in [-0.25, -0.2) is 0 Å². The second kappa shape index (κ2) is 6.09. The molecule has 1 N–H and O–H groups in total. The van der Waals surface area contributed by atoms with Crippen molar-refractivity contribution in [1.82, 2.24) is 10.2 Å². The Morgan fingerprint density at radius 3 is 3.21 bits per heavy atom. The van der Waals surface area contributed by atoms with Crippen molar-refractivity contribution in [2.24, 2.45) is 0 Å². The molecule has 1 aromatic rings. The topological polar surface area (TPSA) is 67.6 Å². The molecule has 102 valence electrons. The first-order valence-electron chi connectivity index (χ1n) is 5.64. The van der Waals surface area contributed by atoms with Crippen molar-refractivity contribution in [1.29, 1.82) is 0 Å². The van der Waals surface area contributed by atoms with Gasteiger partial charge in [-0.1, -0.05) is 17.4 Å². The maximum Gasteiger partial charge on any atom is 0.324 e. The third kappa shape index (κ3) is 3.09. The van der Waals surface area contributed by atoms with E-state index in [2.05, 4.69) is 11.9 Å². The summed E-state index contributed by atoms with van der Waals surface area (Å²) in [5.41, 5.74) is 0. The summed E-state index contributed by atoms with van der Waals surface area (Å²) in [6, 6.07) is 3.20. The zero-order chi connectivity index (χ0) is 13.8. The molecule has 1 aromatic heterocycles. The highest BCUT2D eigenvalue weighted by Crippen LogP contribution is 2.35. The van der Waals surface area contributed by atoms with E-state index in [-0.39, 0.29) is 11.2 Å². The third-order valence-electron chi connectivity index (χ3n) is 2.59. The predicted molar refractivity (Wildman–Crippen MR) is 77.2 cm³/mol. The van der Waals surface area contributed by atoms with Gasteiger partial charge in [0.2, 0.25) is 0 Å². The monoisotopic (exact) mass is 299 g/mol. The molecule has 1 saturated heterocycles. The Kier molecular flexibility index (Phi) is 4.46. The highest BCUT2D eigenvalue weighted by molar-refractivity contribution is 7.80. The van der Waals surface area contributed by atoms with Gasteiger partial charge >= 0.3 is 5.00 Å². The number of thiophene rings is 1. The highest BCUT2D eigenvalue weighted by Gasteiger charge is 2.31. The molecule has 2 rings (SSSR count). The zero-order valence-electron chi connectivity index (χ0n) is 10.1. The fourth-order valence-electron chi connectivity index (χ4n) is 1.75. The summed E-state index contributed by atoms with van der Waals surface area (Å²) in [5.74, 6) is 0. The van der Waals surface area contributed by atoms with Crippen LogP contribution in [0.4, 0.5) is 5.00 Å². The van der Waals surface area contributed by atoms with Crippen molar-refractivity contribution in [2.75, 3.05) is 19.7 Å². The summed E-state index contributed by atoms with van der Waals surface area (Å²) in [7, 11) is 0. The van der Waals surface area contributed by atoms with Crippen molar-refractivity contribution in [3.8, 4) is 0 Å². The number of hydrogen-bond donors (Lipinski definition) is 1. The van der Waals surface area contributed by atoms with Crippen LogP contribution >= 0.6 is 23.6 Å². The first-order valence-corrected chi connectivity index (χ1v) is 6.87. The standard InChI is InChI=1S/C11H13N3O3S2/c1-2-5-12-11(18)13-6-7-17-10(13)8-3-4-9(19-8)14(15)16/h2-4,10H,1,5-7H2,(H,12,18)/t10-/m1/s1. The van der Waals surface area contributed by atoms with E-state index in [1.54, 1.807) is 12.1 Å². The summed E-state index contributed by atoms with van der Waals surface area (Å²) >= 11 is 6.38. The van der Waals surface area contributed by atoms with E-state index in [4.69, 9.17) is 17.0 Å². The summed E-state index contributed by atoms with van der Waals surface area (Å²) in [4.78, 5) is 13.0. The van der Waals surface area contributed by atoms with Crippen LogP contribution in [0.15, 0.2) is 24.8 Å². The van der Waals surface area contributed by atoms with Crippen LogP contribution < -0.4 is 5.32 Å². The molecule has 2 heterocycles. The third-order valence-corrected chi connectivity index (χ3v) is 4.03. The van der Waals surface area contributed by atoms with Gasteiger partial charge in [0.15, 0.2) is 11.3 Å². The predicted octanol–water partition coefficient (Wildman–Crippen LogP) is 2.05. The first kappa shape index (κ1) is 13.9. The smallest absolute Gasteiger partial charge is 0.324 e. The summed E-state index contributed by atoms with van der Waals surface area (Å²) < 4.78 is 5.61. The summed E-state index contributed by atoms with van der Waals surface area (Å²) in [6.45, 7) is 5.40. The van der Waals surface area contributed by atoms with E-state index in [1.165, 1.54) is 6.07 Å². The molecule has 1 atom stereocenters. The molecule has 8 heteroatoms. The van der Waals surface area contributed by atoms with E-state index in [0.29, 0.717) is 24.8 Å². The Labute approximate surface area is 119 Å². The molecule has 0 unspecified atom stereocenters. The van der Waals surface area contributed by atoms with Crippen LogP contribution in [0.2, 0.25) is 0 Å². The van der Waals surface area contributed by atoms with Crippen molar-refractivity contribution in [3.05, 3.63) is 39.8 Å². The number of nitrogens with zero attached hydrogens (tertiary/aromatic N) is 2. The molecule has 0 amide bonds. The molecule has 19 heavy (non-hydrogen) atoms. The van der Waals surface area contributed by atoms with Crippen LogP contribution in [-0.2, 0) is 4.74 Å². The Morgan fingerprint density at radius 2 is 2.58 bits per heavy atom. The molecular weight excluding hydrogens is 286 g/mol. The summed E-state index contributed by atoms with van der Waals surface area (Å²) in [5, 5.41) is 14.4. The van der Waals surface area contributed by atoms with Crippen molar-refractivity contribution < 1.29 is 9.66 Å². The van der Waals surface area contributed by atoms with E-state index in [1.807, 2.05) is 4.90 Å². The molecule has 1 fully saturated rings. The average molecular weight is 299 g/mol. The van der Waals surface area contributed by atoms with Crippen LogP contribution in [0, 0.1) is 10.1 Å². The van der Waals surface area contributed by atoms with Crippen LogP contribution in [0.25, 0.3) is 0 Å². The van der Waals surface area contributed by atoms with E-state index < -0.39 is 4.92 Å². The number of rotatable bonds is 4. The van der Waals surface area contributed by atoms with Gasteiger partial charge in [-0.2, -0.15) is 0 Å². The SMILES string of the molecule is C=CCNC(=S)N1CCO[C@@H]1c1ccc([N+](=O)[O-])s1. The number of nitro groups is 1. The average Bonchev–Trinajstić information content (AvgIpc) is 3.02.